The van der Waals surface area contributed by atoms with Crippen LogP contribution in [0.1, 0.15) is 26.3 Å². The maximum atomic E-state index is 5.98. The molecule has 0 atom stereocenters. The number of nitrogens with zero attached hydrogens (tertiary/aromatic N) is 2. The smallest absolute Gasteiger partial charge is 0.294 e. The van der Waals surface area contributed by atoms with E-state index in [9.17, 15) is 0 Å². The Balaban J connectivity index is 1.53. The van der Waals surface area contributed by atoms with Gasteiger partial charge in [0.2, 0.25) is 5.82 Å². The Morgan fingerprint density at radius 1 is 0.897 bits per heavy atom. The minimum atomic E-state index is 0.0821. The zero-order valence-corrected chi connectivity index (χ0v) is 17.6. The molecule has 0 N–H and O–H groups in total. The molecule has 29 heavy (non-hydrogen) atoms. The minimum Gasteiger partial charge on any atom is -0.426 e. The number of aromatic nitrogens is 2. The standard InChI is InChI=1S/C22H18Cl2N2O3/c1-22(2,3)14-6-4-13(5-7-14)20-25-21(29-26-20)18-8-9-19(28-18)27-17-11-15(23)10-16(24)12-17/h4-12H,1-3H3. The Bertz CT molecular complexity index is 1120. The van der Waals surface area contributed by atoms with Gasteiger partial charge in [-0.25, -0.2) is 0 Å². The number of hydrogen-bond acceptors (Lipinski definition) is 5. The largest absolute Gasteiger partial charge is 0.426 e. The van der Waals surface area contributed by atoms with E-state index in [0.717, 1.165) is 5.56 Å². The van der Waals surface area contributed by atoms with Crippen LogP contribution in [0.3, 0.4) is 0 Å². The first kappa shape index (κ1) is 19.6. The highest BCUT2D eigenvalue weighted by atomic mass is 35.5. The lowest BCUT2D eigenvalue weighted by atomic mass is 9.87. The molecule has 0 aliphatic carbocycles. The van der Waals surface area contributed by atoms with E-state index in [0.29, 0.717) is 27.4 Å². The van der Waals surface area contributed by atoms with Gasteiger partial charge in [-0.1, -0.05) is 73.4 Å². The fourth-order valence-corrected chi connectivity index (χ4v) is 3.26. The van der Waals surface area contributed by atoms with Gasteiger partial charge in [0.05, 0.1) is 0 Å². The molecular weight excluding hydrogens is 411 g/mol. The van der Waals surface area contributed by atoms with Crippen LogP contribution in [0.25, 0.3) is 23.0 Å². The lowest BCUT2D eigenvalue weighted by Gasteiger charge is -2.18. The van der Waals surface area contributed by atoms with Gasteiger partial charge in [-0.05, 0) is 35.2 Å². The van der Waals surface area contributed by atoms with Gasteiger partial charge in [-0.15, -0.1) is 0 Å². The highest BCUT2D eigenvalue weighted by Crippen LogP contribution is 2.32. The van der Waals surface area contributed by atoms with E-state index >= 15 is 0 Å². The van der Waals surface area contributed by atoms with Crippen molar-refractivity contribution in [2.75, 3.05) is 0 Å². The van der Waals surface area contributed by atoms with E-state index in [-0.39, 0.29) is 17.3 Å². The monoisotopic (exact) mass is 428 g/mol. The van der Waals surface area contributed by atoms with Crippen molar-refractivity contribution in [3.63, 3.8) is 0 Å². The average molecular weight is 429 g/mol. The number of ether oxygens (including phenoxy) is 1. The summed E-state index contributed by atoms with van der Waals surface area (Å²) < 4.78 is 16.7. The van der Waals surface area contributed by atoms with Crippen LogP contribution in [0.5, 0.6) is 11.7 Å². The summed E-state index contributed by atoms with van der Waals surface area (Å²) in [4.78, 5) is 4.42. The summed E-state index contributed by atoms with van der Waals surface area (Å²) >= 11 is 12.0. The number of benzene rings is 2. The normalized spacial score (nSPS) is 11.6. The summed E-state index contributed by atoms with van der Waals surface area (Å²) in [6.45, 7) is 6.51. The Morgan fingerprint density at radius 3 is 2.24 bits per heavy atom. The molecular formula is C22H18Cl2N2O3. The topological polar surface area (TPSA) is 61.3 Å². The molecule has 7 heteroatoms. The van der Waals surface area contributed by atoms with Gasteiger partial charge in [0.15, 0.2) is 5.76 Å². The van der Waals surface area contributed by atoms with Gasteiger partial charge >= 0.3 is 0 Å². The molecule has 0 amide bonds. The fourth-order valence-electron chi connectivity index (χ4n) is 2.75. The predicted molar refractivity (Wildman–Crippen MR) is 113 cm³/mol. The first-order valence-corrected chi connectivity index (χ1v) is 9.72. The quantitative estimate of drug-likeness (QED) is 0.338. The summed E-state index contributed by atoms with van der Waals surface area (Å²) in [5, 5.41) is 4.99. The average Bonchev–Trinajstić information content (AvgIpc) is 3.29. The lowest BCUT2D eigenvalue weighted by molar-refractivity contribution is 0.342. The Hall–Kier alpha value is -2.76. The molecule has 5 nitrogen and oxygen atoms in total. The van der Waals surface area contributed by atoms with Crippen molar-refractivity contribution >= 4 is 23.2 Å². The number of halogens is 2. The molecule has 0 aliphatic rings. The third-order valence-electron chi connectivity index (χ3n) is 4.28. The van der Waals surface area contributed by atoms with Crippen molar-refractivity contribution in [3.8, 4) is 34.7 Å². The minimum absolute atomic E-state index is 0.0821. The van der Waals surface area contributed by atoms with Gasteiger partial charge in [-0.3, -0.25) is 0 Å². The molecule has 0 radical (unpaired) electrons. The molecule has 4 rings (SSSR count). The molecule has 0 fully saturated rings. The van der Waals surface area contributed by atoms with Crippen molar-refractivity contribution in [3.05, 3.63) is 70.2 Å². The van der Waals surface area contributed by atoms with Crippen molar-refractivity contribution < 1.29 is 13.7 Å². The van der Waals surface area contributed by atoms with E-state index in [1.165, 1.54) is 5.56 Å². The predicted octanol–water partition coefficient (Wildman–Crippen LogP) is 7.39. The van der Waals surface area contributed by atoms with Gasteiger partial charge in [0, 0.05) is 21.7 Å². The van der Waals surface area contributed by atoms with Crippen LogP contribution < -0.4 is 4.74 Å². The second-order valence-corrected chi connectivity index (χ2v) is 8.45. The Kier molecular flexibility index (Phi) is 5.11. The molecule has 2 aromatic heterocycles. The second-order valence-electron chi connectivity index (χ2n) is 7.58. The fraction of sp³-hybridized carbons (Fsp3) is 0.182. The van der Waals surface area contributed by atoms with Crippen molar-refractivity contribution in [2.45, 2.75) is 26.2 Å². The molecule has 148 valence electrons. The van der Waals surface area contributed by atoms with Crippen LogP contribution in [0, 0.1) is 0 Å². The third kappa shape index (κ3) is 4.47. The zero-order chi connectivity index (χ0) is 20.6. The van der Waals surface area contributed by atoms with Crippen molar-refractivity contribution in [2.24, 2.45) is 0 Å². The zero-order valence-electron chi connectivity index (χ0n) is 16.1. The number of rotatable bonds is 4. The van der Waals surface area contributed by atoms with E-state index in [2.05, 4.69) is 43.0 Å². The van der Waals surface area contributed by atoms with Gasteiger partial charge in [0.25, 0.3) is 11.8 Å². The van der Waals surface area contributed by atoms with Crippen molar-refractivity contribution in [1.82, 2.24) is 10.1 Å². The summed E-state index contributed by atoms with van der Waals surface area (Å²) in [6, 6.07) is 16.4. The molecule has 2 heterocycles. The van der Waals surface area contributed by atoms with Crippen LogP contribution in [0.4, 0.5) is 0 Å². The number of hydrogen-bond donors (Lipinski definition) is 0. The van der Waals surface area contributed by atoms with Crippen LogP contribution in [-0.4, -0.2) is 10.1 Å². The molecule has 0 saturated heterocycles. The van der Waals surface area contributed by atoms with E-state index in [1.54, 1.807) is 30.3 Å². The lowest BCUT2D eigenvalue weighted by Crippen LogP contribution is -2.10. The molecule has 0 spiro atoms. The Morgan fingerprint density at radius 2 is 1.59 bits per heavy atom. The summed E-state index contributed by atoms with van der Waals surface area (Å²) in [5.74, 6) is 1.87. The molecule has 2 aromatic carbocycles. The molecule has 0 aliphatic heterocycles. The van der Waals surface area contributed by atoms with E-state index < -0.39 is 0 Å². The highest BCUT2D eigenvalue weighted by molar-refractivity contribution is 6.34. The van der Waals surface area contributed by atoms with Crippen LogP contribution in [0.15, 0.2) is 63.5 Å². The first-order chi connectivity index (χ1) is 13.8. The van der Waals surface area contributed by atoms with E-state index in [4.69, 9.17) is 36.9 Å². The van der Waals surface area contributed by atoms with Gasteiger partial charge in [-0.2, -0.15) is 4.98 Å². The molecule has 4 aromatic rings. The number of furan rings is 1. The molecule has 0 unspecified atom stereocenters. The second kappa shape index (κ2) is 7.58. The van der Waals surface area contributed by atoms with Gasteiger partial charge in [0.1, 0.15) is 5.75 Å². The maximum absolute atomic E-state index is 5.98. The third-order valence-corrected chi connectivity index (χ3v) is 4.72. The summed E-state index contributed by atoms with van der Waals surface area (Å²) in [5.41, 5.74) is 2.18. The SMILES string of the molecule is CC(C)(C)c1ccc(-c2noc(-c3ccc(Oc4cc(Cl)cc(Cl)c4)o3)n2)cc1. The summed E-state index contributed by atoms with van der Waals surface area (Å²) in [6.07, 6.45) is 0. The van der Waals surface area contributed by atoms with Crippen molar-refractivity contribution in [1.29, 1.82) is 0 Å². The highest BCUT2D eigenvalue weighted by Gasteiger charge is 2.17. The Labute approximate surface area is 178 Å². The molecule has 0 bridgehead atoms. The van der Waals surface area contributed by atoms with E-state index in [1.807, 2.05) is 12.1 Å². The van der Waals surface area contributed by atoms with Crippen LogP contribution >= 0.6 is 23.2 Å². The first-order valence-electron chi connectivity index (χ1n) is 8.97. The maximum Gasteiger partial charge on any atom is 0.294 e. The van der Waals surface area contributed by atoms with Gasteiger partial charge < -0.3 is 13.7 Å². The van der Waals surface area contributed by atoms with Crippen LogP contribution in [-0.2, 0) is 5.41 Å². The summed E-state index contributed by atoms with van der Waals surface area (Å²) in [7, 11) is 0. The molecule has 0 saturated carbocycles. The van der Waals surface area contributed by atoms with Crippen LogP contribution in [0.2, 0.25) is 10.0 Å².